The van der Waals surface area contributed by atoms with Crippen LogP contribution in [0.3, 0.4) is 0 Å². The van der Waals surface area contributed by atoms with E-state index in [0.29, 0.717) is 22.5 Å². The second kappa shape index (κ2) is 4.55. The molecule has 0 fully saturated rings. The Labute approximate surface area is 52.4 Å². The van der Waals surface area contributed by atoms with Gasteiger partial charge in [0.05, 0.1) is 0 Å². The molecule has 0 bridgehead atoms. The van der Waals surface area contributed by atoms with Crippen LogP contribution in [0.1, 0.15) is 6.92 Å². The van der Waals surface area contributed by atoms with E-state index in [1.54, 1.807) is 0 Å². The van der Waals surface area contributed by atoms with Crippen LogP contribution in [-0.2, 0) is 3.08 Å². The van der Waals surface area contributed by atoms with Crippen molar-refractivity contribution in [2.45, 2.75) is 13.1 Å². The molecule has 7 heavy (non-hydrogen) atoms. The van der Waals surface area contributed by atoms with E-state index in [4.69, 9.17) is 3.08 Å². The summed E-state index contributed by atoms with van der Waals surface area (Å²) in [6.45, 7) is 0.188. The van der Waals surface area contributed by atoms with E-state index in [0.717, 1.165) is 0 Å². The van der Waals surface area contributed by atoms with E-state index in [9.17, 15) is 13.2 Å². The molecule has 0 heterocycles. The summed E-state index contributed by atoms with van der Waals surface area (Å²) in [6, 6.07) is 0. The van der Waals surface area contributed by atoms with E-state index in [1.807, 2.05) is 0 Å². The first-order chi connectivity index (χ1) is 3.00. The second-order valence-corrected chi connectivity index (χ2v) is 0.781. The predicted octanol–water partition coefficient (Wildman–Crippen LogP) is 1.07. The second-order valence-electron chi connectivity index (χ2n) is 0.781. The fourth-order valence-corrected chi connectivity index (χ4v) is 0. The van der Waals surface area contributed by atoms with Gasteiger partial charge in [-0.2, -0.15) is 13.2 Å². The van der Waals surface area contributed by atoms with Gasteiger partial charge in [-0.15, -0.1) is 0 Å². The summed E-state index contributed by atoms with van der Waals surface area (Å²) >= 11 is 0.300. The molecular formula is C2H3F3OSn. The molecule has 0 aliphatic carbocycles. The molecule has 1 nitrogen and oxygen atoms in total. The van der Waals surface area contributed by atoms with Crippen molar-refractivity contribution in [2.24, 2.45) is 0 Å². The van der Waals surface area contributed by atoms with Crippen LogP contribution in [0, 0.1) is 0 Å². The van der Waals surface area contributed by atoms with Gasteiger partial charge in [0, 0.05) is 6.92 Å². The predicted molar refractivity (Wildman–Crippen MR) is 18.2 cm³/mol. The molecule has 2 radical (unpaired) electrons. The summed E-state index contributed by atoms with van der Waals surface area (Å²) in [5.41, 5.74) is 0. The van der Waals surface area contributed by atoms with Crippen LogP contribution < -0.4 is 0 Å². The van der Waals surface area contributed by atoms with Crippen LogP contribution in [0.25, 0.3) is 0 Å². The molecule has 5 heteroatoms. The zero-order valence-corrected chi connectivity index (χ0v) is 6.40. The van der Waals surface area contributed by atoms with E-state index in [-0.39, 0.29) is 6.92 Å². The van der Waals surface area contributed by atoms with Crippen molar-refractivity contribution in [3.8, 4) is 0 Å². The fourth-order valence-electron chi connectivity index (χ4n) is 0. The van der Waals surface area contributed by atoms with E-state index >= 15 is 0 Å². The van der Waals surface area contributed by atoms with Gasteiger partial charge in [0.1, 0.15) is 0 Å². The Bertz CT molecular complexity index is 36.7. The molecule has 0 aliphatic heterocycles. The van der Waals surface area contributed by atoms with E-state index < -0.39 is 6.18 Å². The Morgan fingerprint density at radius 2 is 1.29 bits per heavy atom. The third-order valence-electron chi connectivity index (χ3n) is 0. The van der Waals surface area contributed by atoms with Crippen LogP contribution in [0.5, 0.6) is 0 Å². The van der Waals surface area contributed by atoms with Crippen LogP contribution in [0.4, 0.5) is 13.2 Å². The maximum absolute atomic E-state index is 10.4. The van der Waals surface area contributed by atoms with Gasteiger partial charge in [-0.05, 0) is 0 Å². The maximum atomic E-state index is 10.4. The molecule has 0 spiro atoms. The van der Waals surface area contributed by atoms with E-state index in [1.165, 1.54) is 0 Å². The molecule has 0 saturated carbocycles. The average Bonchev–Trinajstić information content (AvgIpc) is 1.36. The number of alkyl halides is 3. The molecule has 0 rings (SSSR count). The zero-order valence-electron chi connectivity index (χ0n) is 3.54. The first-order valence-corrected chi connectivity index (χ1v) is 2.44. The van der Waals surface area contributed by atoms with E-state index in [2.05, 4.69) is 0 Å². The van der Waals surface area contributed by atoms with Gasteiger partial charge < -0.3 is 0 Å². The molecule has 42 valence electrons. The van der Waals surface area contributed by atoms with Gasteiger partial charge >= 0.3 is 31.8 Å². The Kier molecular flexibility index (Phi) is 6.74. The molecule has 0 N–H and O–H groups in total. The summed E-state index contributed by atoms with van der Waals surface area (Å²) in [6.07, 6.45) is -4.00. The van der Waals surface area contributed by atoms with Crippen molar-refractivity contribution in [1.82, 2.24) is 0 Å². The summed E-state index contributed by atoms with van der Waals surface area (Å²) in [5, 5.41) is 0. The first kappa shape index (κ1) is 10.4. The van der Waals surface area contributed by atoms with Gasteiger partial charge in [-0.25, -0.2) is 0 Å². The molecular weight excluding hydrogens is 216 g/mol. The molecule has 0 saturated heterocycles. The molecule has 0 aromatic heterocycles. The number of rotatable bonds is 0. The van der Waals surface area contributed by atoms with Crippen molar-refractivity contribution in [3.05, 3.63) is 0 Å². The first-order valence-electron chi connectivity index (χ1n) is 1.27. The zero-order chi connectivity index (χ0) is 6.50. The summed E-state index contributed by atoms with van der Waals surface area (Å²) in [5.74, 6) is 0. The van der Waals surface area contributed by atoms with Crippen LogP contribution in [0.15, 0.2) is 0 Å². The average molecular weight is 219 g/mol. The third kappa shape index (κ3) is 814. The summed E-state index contributed by atoms with van der Waals surface area (Å²) in [4.78, 5) is 0. The SMILES string of the molecule is CC(F)(F)F.[O]=[Sn]. The summed E-state index contributed by atoms with van der Waals surface area (Å²) < 4.78 is 39.4. The van der Waals surface area contributed by atoms with Crippen LogP contribution in [-0.4, -0.2) is 28.7 Å². The fraction of sp³-hybridized carbons (Fsp3) is 1.00. The normalized spacial score (nSPS) is 9.14. The molecule has 0 aromatic rings. The van der Waals surface area contributed by atoms with Gasteiger partial charge in [0.2, 0.25) is 0 Å². The topological polar surface area (TPSA) is 17.1 Å². The minimum absolute atomic E-state index is 0.188. The minimum atomic E-state index is -4.00. The van der Waals surface area contributed by atoms with Gasteiger partial charge in [0.15, 0.2) is 0 Å². The molecule has 0 atom stereocenters. The Morgan fingerprint density at radius 1 is 1.29 bits per heavy atom. The Balaban J connectivity index is 0. The van der Waals surface area contributed by atoms with Crippen molar-refractivity contribution in [3.63, 3.8) is 0 Å². The van der Waals surface area contributed by atoms with Crippen LogP contribution >= 0.6 is 0 Å². The molecule has 0 amide bonds. The Morgan fingerprint density at radius 3 is 1.29 bits per heavy atom. The van der Waals surface area contributed by atoms with Crippen molar-refractivity contribution < 1.29 is 16.2 Å². The number of hydrogen-bond donors (Lipinski definition) is 0. The monoisotopic (exact) mass is 220 g/mol. The number of hydrogen-bond acceptors (Lipinski definition) is 1. The quantitative estimate of drug-likeness (QED) is 0.556. The van der Waals surface area contributed by atoms with Crippen molar-refractivity contribution in [1.29, 1.82) is 0 Å². The van der Waals surface area contributed by atoms with Gasteiger partial charge in [-0.1, -0.05) is 0 Å². The standard InChI is InChI=1S/C2H3F3.O.Sn/c1-2(3,4)5;;/h1H3;;. The molecule has 0 aromatic carbocycles. The van der Waals surface area contributed by atoms with Crippen molar-refractivity contribution in [2.75, 3.05) is 0 Å². The summed E-state index contributed by atoms with van der Waals surface area (Å²) in [7, 11) is 0. The molecule has 0 unspecified atom stereocenters. The molecule has 0 aliphatic rings. The van der Waals surface area contributed by atoms with Gasteiger partial charge in [0.25, 0.3) is 0 Å². The van der Waals surface area contributed by atoms with Crippen LogP contribution in [0.2, 0.25) is 0 Å². The Hall–Kier alpha value is 0.389. The third-order valence-corrected chi connectivity index (χ3v) is 0. The van der Waals surface area contributed by atoms with Crippen molar-refractivity contribution >= 4 is 22.5 Å². The van der Waals surface area contributed by atoms with Gasteiger partial charge in [-0.3, -0.25) is 0 Å². The number of halogens is 3.